The minimum Gasteiger partial charge on any atom is -0.299 e. The van der Waals surface area contributed by atoms with Crippen LogP contribution < -0.4 is 5.56 Å². The molecule has 0 N–H and O–H groups in total. The van der Waals surface area contributed by atoms with Crippen LogP contribution in [0.2, 0.25) is 0 Å². The Kier molecular flexibility index (Phi) is 5.98. The third-order valence-corrected chi connectivity index (χ3v) is 6.31. The second-order valence-electron chi connectivity index (χ2n) is 6.32. The molecule has 1 fully saturated rings. The molecule has 1 aromatic carbocycles. The fourth-order valence-corrected chi connectivity index (χ4v) is 4.48. The summed E-state index contributed by atoms with van der Waals surface area (Å²) in [5, 5.41) is 3.98. The maximum absolute atomic E-state index is 13.7. The van der Waals surface area contributed by atoms with Gasteiger partial charge in [0, 0.05) is 50.6 Å². The largest absolute Gasteiger partial charge is 0.299 e. The number of rotatable bonds is 6. The van der Waals surface area contributed by atoms with E-state index in [1.807, 2.05) is 4.90 Å². The van der Waals surface area contributed by atoms with Gasteiger partial charge in [0.2, 0.25) is 10.0 Å². The number of hydrogen-bond acceptors (Lipinski definition) is 5. The first kappa shape index (κ1) is 19.6. The minimum absolute atomic E-state index is 0.174. The molecule has 0 aliphatic carbocycles. The van der Waals surface area contributed by atoms with Crippen molar-refractivity contribution in [3.63, 3.8) is 0 Å². The number of piperazine rings is 1. The van der Waals surface area contributed by atoms with Gasteiger partial charge in [-0.1, -0.05) is 0 Å². The number of nitrogens with zero attached hydrogens (tertiary/aromatic N) is 4. The Morgan fingerprint density at radius 2 is 1.78 bits per heavy atom. The lowest BCUT2D eigenvalue weighted by atomic mass is 10.2. The average molecular weight is 398 g/mol. The zero-order valence-corrected chi connectivity index (χ0v) is 15.4. The lowest BCUT2D eigenvalue weighted by molar-refractivity contribution is 0.180. The molecule has 0 spiro atoms. The van der Waals surface area contributed by atoms with Crippen LogP contribution in [-0.4, -0.2) is 60.1 Å². The second kappa shape index (κ2) is 8.24. The summed E-state index contributed by atoms with van der Waals surface area (Å²) in [6, 6.07) is 5.80. The van der Waals surface area contributed by atoms with E-state index < -0.39 is 27.4 Å². The van der Waals surface area contributed by atoms with Crippen molar-refractivity contribution in [1.29, 1.82) is 0 Å². The fourth-order valence-electron chi connectivity index (χ4n) is 2.96. The first-order valence-corrected chi connectivity index (χ1v) is 10.1. The van der Waals surface area contributed by atoms with E-state index in [0.717, 1.165) is 18.2 Å². The van der Waals surface area contributed by atoms with Crippen molar-refractivity contribution < 1.29 is 17.2 Å². The molecule has 1 aromatic heterocycles. The zero-order valence-electron chi connectivity index (χ0n) is 14.6. The number of benzene rings is 1. The Morgan fingerprint density at radius 1 is 1.04 bits per heavy atom. The number of halogens is 2. The van der Waals surface area contributed by atoms with Gasteiger partial charge in [-0.3, -0.25) is 9.69 Å². The molecule has 27 heavy (non-hydrogen) atoms. The molecule has 2 heterocycles. The van der Waals surface area contributed by atoms with Gasteiger partial charge in [-0.2, -0.15) is 9.40 Å². The van der Waals surface area contributed by atoms with Crippen molar-refractivity contribution in [3.05, 3.63) is 64.1 Å². The van der Waals surface area contributed by atoms with Gasteiger partial charge in [0.05, 0.1) is 12.3 Å². The van der Waals surface area contributed by atoms with Crippen LogP contribution in [0.15, 0.2) is 41.3 Å². The lowest BCUT2D eigenvalue weighted by Crippen LogP contribution is -2.49. The van der Waals surface area contributed by atoms with Crippen LogP contribution in [0.1, 0.15) is 5.56 Å². The summed E-state index contributed by atoms with van der Waals surface area (Å²) in [4.78, 5) is 13.7. The predicted molar refractivity (Wildman–Crippen MR) is 95.5 cm³/mol. The van der Waals surface area contributed by atoms with Crippen LogP contribution in [-0.2, 0) is 22.3 Å². The maximum atomic E-state index is 13.7. The normalized spacial score (nSPS) is 16.5. The van der Waals surface area contributed by atoms with Crippen LogP contribution in [0.3, 0.4) is 0 Å². The van der Waals surface area contributed by atoms with E-state index in [4.69, 9.17) is 0 Å². The first-order chi connectivity index (χ1) is 12.8. The highest BCUT2D eigenvalue weighted by atomic mass is 32.2. The van der Waals surface area contributed by atoms with Gasteiger partial charge in [-0.15, -0.1) is 0 Å². The molecule has 0 radical (unpaired) electrons. The monoisotopic (exact) mass is 398 g/mol. The third kappa shape index (κ3) is 4.96. The predicted octanol–water partition coefficient (Wildman–Crippen LogP) is 0.669. The van der Waals surface area contributed by atoms with Crippen molar-refractivity contribution in [1.82, 2.24) is 19.0 Å². The van der Waals surface area contributed by atoms with E-state index in [2.05, 4.69) is 5.10 Å². The zero-order chi connectivity index (χ0) is 19.4. The molecule has 1 saturated heterocycles. The molecule has 0 unspecified atom stereocenters. The van der Waals surface area contributed by atoms with Crippen molar-refractivity contribution in [2.24, 2.45) is 0 Å². The Hall–Kier alpha value is -2.17. The molecule has 10 heteroatoms. The summed E-state index contributed by atoms with van der Waals surface area (Å²) in [5.41, 5.74) is -0.359. The van der Waals surface area contributed by atoms with Crippen LogP contribution in [0.5, 0.6) is 0 Å². The van der Waals surface area contributed by atoms with E-state index in [1.165, 1.54) is 21.3 Å². The van der Waals surface area contributed by atoms with Crippen LogP contribution in [0.4, 0.5) is 8.78 Å². The Labute approximate surface area is 155 Å². The maximum Gasteiger partial charge on any atom is 0.266 e. The van der Waals surface area contributed by atoms with Gasteiger partial charge in [0.1, 0.15) is 11.6 Å². The molecule has 7 nitrogen and oxygen atoms in total. The molecule has 3 rings (SSSR count). The highest BCUT2D eigenvalue weighted by molar-refractivity contribution is 7.88. The SMILES string of the molecule is O=c1cccnn1CCN1CCN(S(=O)(=O)Cc2cc(F)ccc2F)CC1. The quantitative estimate of drug-likeness (QED) is 0.715. The topological polar surface area (TPSA) is 75.5 Å². The van der Waals surface area contributed by atoms with E-state index in [0.29, 0.717) is 26.2 Å². The number of sulfonamides is 1. The Balaban J connectivity index is 1.55. The standard InChI is InChI=1S/C17H20F2N4O3S/c18-15-3-4-16(19)14(12-15)13-27(25,26)22-9-6-21(7-10-22)8-11-23-17(24)2-1-5-20-23/h1-5,12H,6-11,13H2. The van der Waals surface area contributed by atoms with Gasteiger partial charge in [0.25, 0.3) is 5.56 Å². The van der Waals surface area contributed by atoms with Gasteiger partial charge in [0.15, 0.2) is 0 Å². The Morgan fingerprint density at radius 3 is 2.48 bits per heavy atom. The van der Waals surface area contributed by atoms with Crippen molar-refractivity contribution in [2.75, 3.05) is 32.7 Å². The summed E-state index contributed by atoms with van der Waals surface area (Å²) >= 11 is 0. The smallest absolute Gasteiger partial charge is 0.266 e. The van der Waals surface area contributed by atoms with Gasteiger partial charge < -0.3 is 0 Å². The van der Waals surface area contributed by atoms with Crippen LogP contribution in [0.25, 0.3) is 0 Å². The summed E-state index contributed by atoms with van der Waals surface area (Å²) in [6.45, 7) is 2.50. The highest BCUT2D eigenvalue weighted by Crippen LogP contribution is 2.17. The summed E-state index contributed by atoms with van der Waals surface area (Å²) < 4.78 is 54.7. The van der Waals surface area contributed by atoms with Crippen molar-refractivity contribution in [3.8, 4) is 0 Å². The molecular formula is C17H20F2N4O3S. The highest BCUT2D eigenvalue weighted by Gasteiger charge is 2.28. The summed E-state index contributed by atoms with van der Waals surface area (Å²) in [5.74, 6) is -1.98. The minimum atomic E-state index is -3.74. The molecule has 0 saturated carbocycles. The van der Waals surface area contributed by atoms with Crippen molar-refractivity contribution >= 4 is 10.0 Å². The van der Waals surface area contributed by atoms with Crippen LogP contribution in [0, 0.1) is 11.6 Å². The van der Waals surface area contributed by atoms with E-state index in [1.54, 1.807) is 6.07 Å². The Bertz CT molecular complexity index is 957. The molecule has 0 amide bonds. The van der Waals surface area contributed by atoms with Crippen LogP contribution >= 0.6 is 0 Å². The summed E-state index contributed by atoms with van der Waals surface area (Å²) in [6.07, 6.45) is 1.54. The number of hydrogen-bond donors (Lipinski definition) is 0. The van der Waals surface area contributed by atoms with E-state index >= 15 is 0 Å². The molecule has 1 aliphatic heterocycles. The third-order valence-electron chi connectivity index (χ3n) is 4.48. The van der Waals surface area contributed by atoms with Gasteiger partial charge in [-0.05, 0) is 24.3 Å². The molecule has 146 valence electrons. The lowest BCUT2D eigenvalue weighted by Gasteiger charge is -2.34. The van der Waals surface area contributed by atoms with Crippen molar-refractivity contribution in [2.45, 2.75) is 12.3 Å². The molecule has 0 bridgehead atoms. The molecule has 0 atom stereocenters. The average Bonchev–Trinajstić information content (AvgIpc) is 2.64. The number of aromatic nitrogens is 2. The van der Waals surface area contributed by atoms with E-state index in [9.17, 15) is 22.0 Å². The molecule has 2 aromatic rings. The fraction of sp³-hybridized carbons (Fsp3) is 0.412. The van der Waals surface area contributed by atoms with Gasteiger partial charge in [-0.25, -0.2) is 21.9 Å². The second-order valence-corrected chi connectivity index (χ2v) is 8.29. The van der Waals surface area contributed by atoms with E-state index in [-0.39, 0.29) is 24.2 Å². The molecule has 1 aliphatic rings. The summed E-state index contributed by atoms with van der Waals surface area (Å²) in [7, 11) is -3.74. The molecular weight excluding hydrogens is 378 g/mol. The first-order valence-electron chi connectivity index (χ1n) is 8.51. The van der Waals surface area contributed by atoms with Gasteiger partial charge >= 0.3 is 0 Å².